The molecule has 1 saturated heterocycles. The van der Waals surface area contributed by atoms with E-state index in [0.717, 1.165) is 11.1 Å². The number of anilines is 2. The second kappa shape index (κ2) is 11.5. The summed E-state index contributed by atoms with van der Waals surface area (Å²) in [6, 6.07) is 12.2. The Morgan fingerprint density at radius 2 is 2.00 bits per heavy atom. The molecular formula is C24H25N7O4. The number of oxazole rings is 1. The van der Waals surface area contributed by atoms with Crippen LogP contribution in [0.1, 0.15) is 5.56 Å². The van der Waals surface area contributed by atoms with Gasteiger partial charge in [0.2, 0.25) is 5.96 Å². The molecule has 0 aliphatic carbocycles. The van der Waals surface area contributed by atoms with Crippen molar-refractivity contribution in [3.05, 3.63) is 60.6 Å². The number of aromatic nitrogens is 1. The summed E-state index contributed by atoms with van der Waals surface area (Å²) in [5.74, 6) is 1.62. The second-order valence-corrected chi connectivity index (χ2v) is 7.54. The van der Waals surface area contributed by atoms with Gasteiger partial charge >= 0.3 is 6.03 Å². The molecular weight excluding hydrogens is 450 g/mol. The Labute approximate surface area is 202 Å². The number of morpholine rings is 1. The number of rotatable bonds is 6. The molecule has 180 valence electrons. The number of aliphatic imine (C=N–C) groups is 1. The molecule has 35 heavy (non-hydrogen) atoms. The Balaban J connectivity index is 1.39. The van der Waals surface area contributed by atoms with Gasteiger partial charge in [0.15, 0.2) is 18.3 Å². The van der Waals surface area contributed by atoms with Crippen molar-refractivity contribution in [1.29, 1.82) is 5.26 Å². The first-order valence-electron chi connectivity index (χ1n) is 10.9. The van der Waals surface area contributed by atoms with Crippen LogP contribution in [0.4, 0.5) is 16.2 Å². The third-order valence-corrected chi connectivity index (χ3v) is 5.23. The van der Waals surface area contributed by atoms with Gasteiger partial charge in [0.1, 0.15) is 5.75 Å². The van der Waals surface area contributed by atoms with E-state index in [1.807, 2.05) is 29.3 Å². The monoisotopic (exact) mass is 475 g/mol. The summed E-state index contributed by atoms with van der Waals surface area (Å²) in [4.78, 5) is 23.0. The number of carbonyl (C=O) groups is 1. The molecule has 3 N–H and O–H groups in total. The van der Waals surface area contributed by atoms with Crippen molar-refractivity contribution in [2.75, 3.05) is 44.0 Å². The topological polar surface area (TPSA) is 137 Å². The van der Waals surface area contributed by atoms with Gasteiger partial charge in [-0.15, -0.1) is 0 Å². The van der Waals surface area contributed by atoms with Crippen molar-refractivity contribution < 1.29 is 18.7 Å². The van der Waals surface area contributed by atoms with Crippen molar-refractivity contribution in [3.63, 3.8) is 0 Å². The summed E-state index contributed by atoms with van der Waals surface area (Å²) < 4.78 is 16.1. The van der Waals surface area contributed by atoms with E-state index in [1.54, 1.807) is 37.6 Å². The molecule has 1 aromatic heterocycles. The Morgan fingerprint density at radius 1 is 1.20 bits per heavy atom. The molecule has 0 saturated carbocycles. The largest absolute Gasteiger partial charge is 0.496 e. The van der Waals surface area contributed by atoms with Crippen LogP contribution in [0.3, 0.4) is 0 Å². The normalized spacial score (nSPS) is 13.6. The van der Waals surface area contributed by atoms with Crippen molar-refractivity contribution in [2.24, 2.45) is 4.99 Å². The van der Waals surface area contributed by atoms with Crippen LogP contribution in [0.15, 0.2) is 64.5 Å². The Morgan fingerprint density at radius 3 is 2.71 bits per heavy atom. The Kier molecular flexibility index (Phi) is 7.77. The van der Waals surface area contributed by atoms with Gasteiger partial charge in [0, 0.05) is 30.5 Å². The van der Waals surface area contributed by atoms with Crippen LogP contribution in [0.2, 0.25) is 0 Å². The Hall–Kier alpha value is -4.56. The van der Waals surface area contributed by atoms with Crippen molar-refractivity contribution in [3.8, 4) is 23.3 Å². The van der Waals surface area contributed by atoms with Crippen LogP contribution in [0.25, 0.3) is 11.3 Å². The number of guanidine groups is 1. The van der Waals surface area contributed by atoms with Crippen molar-refractivity contribution >= 4 is 23.4 Å². The number of methoxy groups -OCH3 is 1. The van der Waals surface area contributed by atoms with E-state index in [2.05, 4.69) is 25.9 Å². The number of nitrogens with one attached hydrogen (secondary N) is 3. The summed E-state index contributed by atoms with van der Waals surface area (Å²) in [5.41, 5.74) is 2.78. The minimum absolute atomic E-state index is 0.346. The van der Waals surface area contributed by atoms with Crippen LogP contribution < -0.4 is 20.7 Å². The minimum atomic E-state index is -0.403. The van der Waals surface area contributed by atoms with Gasteiger partial charge in [0.25, 0.3) is 0 Å². The summed E-state index contributed by atoms with van der Waals surface area (Å²) >= 11 is 0. The highest BCUT2D eigenvalue weighted by atomic mass is 16.5. The number of benzene rings is 2. The van der Waals surface area contributed by atoms with E-state index >= 15 is 0 Å². The lowest BCUT2D eigenvalue weighted by molar-refractivity contribution is 0.0668. The Bertz CT molecular complexity index is 1210. The molecule has 0 atom stereocenters. The van der Waals surface area contributed by atoms with E-state index in [1.165, 1.54) is 6.39 Å². The number of nitrogens with zero attached hydrogens (tertiary/aromatic N) is 4. The summed E-state index contributed by atoms with van der Waals surface area (Å²) in [5, 5.41) is 17.3. The van der Waals surface area contributed by atoms with E-state index in [4.69, 9.17) is 19.2 Å². The third kappa shape index (κ3) is 6.27. The van der Waals surface area contributed by atoms with Gasteiger partial charge in [-0.3, -0.25) is 5.32 Å². The fraction of sp³-hybridized carbons (Fsp3) is 0.250. The summed E-state index contributed by atoms with van der Waals surface area (Å²) in [6.07, 6.45) is 4.87. The standard InChI is InChI=1S/C24H25N7O4/c1-33-21-12-19(5-6-20(21)22-14-26-16-35-22)30-24(32)29-18-4-2-3-17(11-18)13-27-23(28-15-25)31-7-9-34-10-8-31/h2-6,11-12,14,16H,7-10,13H2,1H3,(H,27,28)(H2,29,30,32). The zero-order valence-electron chi connectivity index (χ0n) is 19.2. The van der Waals surface area contributed by atoms with Crippen molar-refractivity contribution in [1.82, 2.24) is 15.2 Å². The number of ether oxygens (including phenoxy) is 2. The molecule has 2 amide bonds. The molecule has 0 spiro atoms. The average Bonchev–Trinajstić information content (AvgIpc) is 3.42. The highest BCUT2D eigenvalue weighted by molar-refractivity contribution is 6.00. The maximum atomic E-state index is 12.6. The van der Waals surface area contributed by atoms with Gasteiger partial charge < -0.3 is 29.4 Å². The predicted octanol–water partition coefficient (Wildman–Crippen LogP) is 3.25. The molecule has 1 aliphatic heterocycles. The van der Waals surface area contributed by atoms with Gasteiger partial charge in [-0.1, -0.05) is 12.1 Å². The van der Waals surface area contributed by atoms with Crippen LogP contribution in [-0.4, -0.2) is 55.3 Å². The number of urea groups is 1. The van der Waals surface area contributed by atoms with E-state index in [9.17, 15) is 4.79 Å². The fourth-order valence-corrected chi connectivity index (χ4v) is 3.57. The lowest BCUT2D eigenvalue weighted by Crippen LogP contribution is -2.46. The summed E-state index contributed by atoms with van der Waals surface area (Å²) in [6.45, 7) is 2.86. The first-order chi connectivity index (χ1) is 17.2. The van der Waals surface area contributed by atoms with Crippen LogP contribution >= 0.6 is 0 Å². The van der Waals surface area contributed by atoms with Gasteiger partial charge in [0.05, 0.1) is 38.6 Å². The molecule has 1 fully saturated rings. The molecule has 4 rings (SSSR count). The summed E-state index contributed by atoms with van der Waals surface area (Å²) in [7, 11) is 1.55. The van der Waals surface area contributed by atoms with Gasteiger partial charge in [-0.2, -0.15) is 5.26 Å². The van der Waals surface area contributed by atoms with E-state index in [0.29, 0.717) is 61.7 Å². The highest BCUT2D eigenvalue weighted by Gasteiger charge is 2.15. The number of carbonyl (C=O) groups excluding carboxylic acids is 1. The SMILES string of the molecule is COc1cc(NC(=O)Nc2cccc(C/N=C(\NC#N)N3CCOCC3)c2)ccc1-c1cnco1. The van der Waals surface area contributed by atoms with Gasteiger partial charge in [-0.05, 0) is 29.8 Å². The molecule has 11 nitrogen and oxygen atoms in total. The molecule has 11 heteroatoms. The molecule has 0 bridgehead atoms. The predicted molar refractivity (Wildman–Crippen MR) is 130 cm³/mol. The quantitative estimate of drug-likeness (QED) is 0.214. The molecule has 3 aromatic rings. The van der Waals surface area contributed by atoms with E-state index in [-0.39, 0.29) is 0 Å². The zero-order chi connectivity index (χ0) is 24.5. The third-order valence-electron chi connectivity index (χ3n) is 5.23. The molecule has 2 aromatic carbocycles. The fourth-order valence-electron chi connectivity index (χ4n) is 3.57. The van der Waals surface area contributed by atoms with Gasteiger partial charge in [-0.25, -0.2) is 14.8 Å². The molecule has 0 unspecified atom stereocenters. The maximum absolute atomic E-state index is 12.6. The average molecular weight is 476 g/mol. The lowest BCUT2D eigenvalue weighted by Gasteiger charge is -2.28. The van der Waals surface area contributed by atoms with E-state index < -0.39 is 6.03 Å². The minimum Gasteiger partial charge on any atom is -0.496 e. The van der Waals surface area contributed by atoms with Crippen LogP contribution in [0, 0.1) is 11.5 Å². The first kappa shape index (κ1) is 23.6. The van der Waals surface area contributed by atoms with Crippen molar-refractivity contribution in [2.45, 2.75) is 6.54 Å². The maximum Gasteiger partial charge on any atom is 0.323 e. The second-order valence-electron chi connectivity index (χ2n) is 7.54. The number of hydrogen-bond acceptors (Lipinski definition) is 7. The smallest absolute Gasteiger partial charge is 0.323 e. The molecule has 0 radical (unpaired) electrons. The van der Waals surface area contributed by atoms with Crippen LogP contribution in [-0.2, 0) is 11.3 Å². The number of hydrogen-bond donors (Lipinski definition) is 3. The highest BCUT2D eigenvalue weighted by Crippen LogP contribution is 2.32. The zero-order valence-corrected chi connectivity index (χ0v) is 19.2. The molecule has 2 heterocycles. The van der Waals surface area contributed by atoms with Crippen LogP contribution in [0.5, 0.6) is 5.75 Å². The first-order valence-corrected chi connectivity index (χ1v) is 10.9. The molecule has 1 aliphatic rings. The lowest BCUT2D eigenvalue weighted by atomic mass is 10.1. The number of amides is 2. The number of nitriles is 1.